The number of hydrogen-bond donors (Lipinski definition) is 2. The first-order valence-electron chi connectivity index (χ1n) is 8.03. The van der Waals surface area contributed by atoms with Crippen molar-refractivity contribution in [1.82, 2.24) is 19.5 Å². The molecule has 0 amide bonds. The lowest BCUT2D eigenvalue weighted by Crippen LogP contribution is -2.46. The number of nitrogen functional groups attached to an aromatic ring is 1. The second-order valence-corrected chi connectivity index (χ2v) is 6.91. The topological polar surface area (TPSA) is 118 Å². The molecule has 4 rings (SSSR count). The summed E-state index contributed by atoms with van der Waals surface area (Å²) >= 11 is 0. The standard InChI is InChI=1S/C16H21N5O4/c1-8(2)16-11(24-15(3,4)25-16)9(5-22)23-14(16)21-7-20-10-12(17)18-6-19-13(10)21/h6-7,9,11,14,22H,1,5H2,2-4H3,(H2,17,18,19)/t9-,11-,14?,16-/m1/s1. The van der Waals surface area contributed by atoms with E-state index in [0.29, 0.717) is 11.2 Å². The molecule has 0 saturated carbocycles. The van der Waals surface area contributed by atoms with Crippen LogP contribution < -0.4 is 5.73 Å². The highest BCUT2D eigenvalue weighted by Gasteiger charge is 2.67. The summed E-state index contributed by atoms with van der Waals surface area (Å²) in [5.41, 5.74) is 6.63. The Bertz CT molecular complexity index is 850. The van der Waals surface area contributed by atoms with Gasteiger partial charge in [0, 0.05) is 0 Å². The molecule has 2 aliphatic rings. The van der Waals surface area contributed by atoms with Gasteiger partial charge in [0.15, 0.2) is 29.1 Å². The van der Waals surface area contributed by atoms with Gasteiger partial charge in [0.2, 0.25) is 0 Å². The molecule has 9 nitrogen and oxygen atoms in total. The van der Waals surface area contributed by atoms with E-state index in [2.05, 4.69) is 21.5 Å². The molecule has 2 fully saturated rings. The number of ether oxygens (including phenoxy) is 3. The van der Waals surface area contributed by atoms with Crippen molar-refractivity contribution >= 4 is 17.0 Å². The van der Waals surface area contributed by atoms with Gasteiger partial charge in [0.25, 0.3) is 0 Å². The van der Waals surface area contributed by atoms with Crippen LogP contribution in [0.3, 0.4) is 0 Å². The normalized spacial score (nSPS) is 33.7. The van der Waals surface area contributed by atoms with Crippen molar-refractivity contribution in [2.24, 2.45) is 0 Å². The van der Waals surface area contributed by atoms with Gasteiger partial charge in [-0.15, -0.1) is 0 Å². The highest BCUT2D eigenvalue weighted by molar-refractivity contribution is 5.81. The number of aliphatic hydroxyl groups is 1. The molecule has 0 aromatic carbocycles. The molecule has 3 N–H and O–H groups in total. The van der Waals surface area contributed by atoms with Crippen LogP contribution in [0.1, 0.15) is 27.0 Å². The maximum absolute atomic E-state index is 9.79. The molecule has 25 heavy (non-hydrogen) atoms. The maximum Gasteiger partial charge on any atom is 0.172 e. The van der Waals surface area contributed by atoms with Crippen molar-refractivity contribution in [2.45, 2.75) is 50.6 Å². The number of aliphatic hydroxyl groups excluding tert-OH is 1. The zero-order chi connectivity index (χ0) is 18.0. The van der Waals surface area contributed by atoms with Gasteiger partial charge in [-0.25, -0.2) is 15.0 Å². The Morgan fingerprint density at radius 1 is 1.40 bits per heavy atom. The Hall–Kier alpha value is -2.07. The van der Waals surface area contributed by atoms with Gasteiger partial charge in [-0.3, -0.25) is 4.57 Å². The largest absolute Gasteiger partial charge is 0.394 e. The van der Waals surface area contributed by atoms with Crippen LogP contribution in [0.2, 0.25) is 0 Å². The van der Waals surface area contributed by atoms with Crippen molar-refractivity contribution in [3.63, 3.8) is 0 Å². The third-order valence-electron chi connectivity index (χ3n) is 4.74. The number of hydrogen-bond acceptors (Lipinski definition) is 8. The Morgan fingerprint density at radius 2 is 2.16 bits per heavy atom. The zero-order valence-electron chi connectivity index (χ0n) is 14.3. The quantitative estimate of drug-likeness (QED) is 0.782. The molecule has 0 bridgehead atoms. The molecule has 4 heterocycles. The number of nitrogens with two attached hydrogens (primary N) is 1. The third-order valence-corrected chi connectivity index (χ3v) is 4.74. The number of nitrogens with zero attached hydrogens (tertiary/aromatic N) is 4. The fourth-order valence-corrected chi connectivity index (χ4v) is 3.76. The summed E-state index contributed by atoms with van der Waals surface area (Å²) in [6, 6.07) is 0. The summed E-state index contributed by atoms with van der Waals surface area (Å²) in [6.07, 6.45) is 1.21. The molecule has 2 aromatic heterocycles. The van der Waals surface area contributed by atoms with Gasteiger partial charge < -0.3 is 25.1 Å². The second-order valence-electron chi connectivity index (χ2n) is 6.91. The molecular formula is C16H21N5O4. The predicted octanol–water partition coefficient (Wildman–Crippen LogP) is 0.765. The van der Waals surface area contributed by atoms with E-state index in [-0.39, 0.29) is 12.4 Å². The number of anilines is 1. The van der Waals surface area contributed by atoms with Crippen molar-refractivity contribution in [1.29, 1.82) is 0 Å². The van der Waals surface area contributed by atoms with Crippen molar-refractivity contribution in [2.75, 3.05) is 12.3 Å². The van der Waals surface area contributed by atoms with E-state index in [1.54, 1.807) is 10.9 Å². The van der Waals surface area contributed by atoms with E-state index < -0.39 is 29.8 Å². The number of rotatable bonds is 3. The average molecular weight is 347 g/mol. The lowest BCUT2D eigenvalue weighted by Gasteiger charge is -2.34. The smallest absolute Gasteiger partial charge is 0.172 e. The summed E-state index contributed by atoms with van der Waals surface area (Å²) < 4.78 is 20.2. The van der Waals surface area contributed by atoms with Crippen molar-refractivity contribution < 1.29 is 19.3 Å². The third kappa shape index (κ3) is 2.13. The average Bonchev–Trinajstić information content (AvgIpc) is 3.16. The van der Waals surface area contributed by atoms with Crippen molar-refractivity contribution in [3.8, 4) is 0 Å². The minimum Gasteiger partial charge on any atom is -0.394 e. The van der Waals surface area contributed by atoms with Gasteiger partial charge in [-0.05, 0) is 26.3 Å². The lowest BCUT2D eigenvalue weighted by molar-refractivity contribution is -0.213. The molecule has 1 unspecified atom stereocenters. The van der Waals surface area contributed by atoms with Crippen LogP contribution in [-0.2, 0) is 14.2 Å². The molecule has 2 saturated heterocycles. The fourth-order valence-electron chi connectivity index (χ4n) is 3.76. The van der Waals surface area contributed by atoms with E-state index in [9.17, 15) is 5.11 Å². The summed E-state index contributed by atoms with van der Waals surface area (Å²) in [5, 5.41) is 9.79. The zero-order valence-corrected chi connectivity index (χ0v) is 14.3. The highest BCUT2D eigenvalue weighted by atomic mass is 16.8. The number of fused-ring (bicyclic) bond motifs is 2. The van der Waals surface area contributed by atoms with E-state index in [4.69, 9.17) is 19.9 Å². The van der Waals surface area contributed by atoms with Crippen LogP contribution in [-0.4, -0.2) is 54.8 Å². The minimum atomic E-state index is -0.982. The van der Waals surface area contributed by atoms with Gasteiger partial charge >= 0.3 is 0 Å². The van der Waals surface area contributed by atoms with Gasteiger partial charge in [0.1, 0.15) is 24.1 Å². The molecular weight excluding hydrogens is 326 g/mol. The van der Waals surface area contributed by atoms with Crippen LogP contribution in [0.25, 0.3) is 11.2 Å². The predicted molar refractivity (Wildman–Crippen MR) is 88.3 cm³/mol. The second kappa shape index (κ2) is 5.21. The van der Waals surface area contributed by atoms with Crippen LogP contribution in [0, 0.1) is 0 Å². The first kappa shape index (κ1) is 16.4. The lowest BCUT2D eigenvalue weighted by atomic mass is 9.87. The molecule has 2 aromatic rings. The first-order valence-corrected chi connectivity index (χ1v) is 8.03. The molecule has 9 heteroatoms. The Balaban J connectivity index is 1.90. The highest BCUT2D eigenvalue weighted by Crippen LogP contribution is 2.54. The van der Waals surface area contributed by atoms with Crippen LogP contribution in [0.5, 0.6) is 0 Å². The van der Waals surface area contributed by atoms with E-state index >= 15 is 0 Å². The Morgan fingerprint density at radius 3 is 2.84 bits per heavy atom. The number of imidazole rings is 1. The molecule has 0 aliphatic carbocycles. The first-order chi connectivity index (χ1) is 11.8. The van der Waals surface area contributed by atoms with Gasteiger partial charge in [-0.2, -0.15) is 0 Å². The molecule has 2 aliphatic heterocycles. The van der Waals surface area contributed by atoms with Crippen molar-refractivity contribution in [3.05, 3.63) is 24.8 Å². The molecule has 134 valence electrons. The van der Waals surface area contributed by atoms with E-state index in [1.807, 2.05) is 20.8 Å². The SMILES string of the molecule is C=C(C)[C@@]12OC(C)(C)O[C@@H]1[C@@H](CO)OC2n1cnc2c(N)ncnc21. The summed E-state index contributed by atoms with van der Waals surface area (Å²) in [7, 11) is 0. The maximum atomic E-state index is 9.79. The Kier molecular flexibility index (Phi) is 3.42. The van der Waals surface area contributed by atoms with Gasteiger partial charge in [0.05, 0.1) is 12.9 Å². The summed E-state index contributed by atoms with van der Waals surface area (Å²) in [5.74, 6) is -0.561. The fraction of sp³-hybridized carbons (Fsp3) is 0.562. The van der Waals surface area contributed by atoms with E-state index in [0.717, 1.165) is 5.57 Å². The minimum absolute atomic E-state index is 0.209. The summed E-state index contributed by atoms with van der Waals surface area (Å²) in [6.45, 7) is 9.41. The summed E-state index contributed by atoms with van der Waals surface area (Å²) in [4.78, 5) is 12.5. The molecule has 0 spiro atoms. The Labute approximate surface area is 144 Å². The van der Waals surface area contributed by atoms with E-state index in [1.165, 1.54) is 6.33 Å². The number of aromatic nitrogens is 4. The van der Waals surface area contributed by atoms with Crippen LogP contribution >= 0.6 is 0 Å². The van der Waals surface area contributed by atoms with Gasteiger partial charge in [-0.1, -0.05) is 6.58 Å². The van der Waals surface area contributed by atoms with Crippen LogP contribution in [0.4, 0.5) is 5.82 Å². The molecule has 0 radical (unpaired) electrons. The molecule has 4 atom stereocenters. The van der Waals surface area contributed by atoms with Crippen LogP contribution in [0.15, 0.2) is 24.8 Å². The monoisotopic (exact) mass is 347 g/mol.